The van der Waals surface area contributed by atoms with Crippen LogP contribution in [0.1, 0.15) is 41.1 Å². The molecule has 26 heavy (non-hydrogen) atoms. The van der Waals surface area contributed by atoms with E-state index in [1.807, 2.05) is 49.4 Å². The quantitative estimate of drug-likeness (QED) is 0.505. The van der Waals surface area contributed by atoms with Gasteiger partial charge < -0.3 is 0 Å². The van der Waals surface area contributed by atoms with E-state index in [1.54, 1.807) is 17.6 Å². The zero-order valence-corrected chi connectivity index (χ0v) is 15.6. The Kier molecular flexibility index (Phi) is 4.80. The fraction of sp³-hybridized carbons (Fsp3) is 0.286. The summed E-state index contributed by atoms with van der Waals surface area (Å²) in [6, 6.07) is 10.0. The molecule has 0 aliphatic heterocycles. The van der Waals surface area contributed by atoms with Crippen molar-refractivity contribution in [2.45, 2.75) is 39.0 Å². The maximum atomic E-state index is 13.1. The molecule has 3 aromatic rings. The van der Waals surface area contributed by atoms with E-state index in [2.05, 4.69) is 10.1 Å². The highest BCUT2D eigenvalue weighted by molar-refractivity contribution is 7.18. The van der Waals surface area contributed by atoms with Crippen molar-refractivity contribution in [3.05, 3.63) is 68.6 Å². The van der Waals surface area contributed by atoms with Crippen LogP contribution in [0, 0.1) is 6.92 Å². The molecule has 4 rings (SSSR count). The average Bonchev–Trinajstić information content (AvgIpc) is 2.83. The van der Waals surface area contributed by atoms with E-state index in [4.69, 9.17) is 0 Å². The first-order chi connectivity index (χ1) is 12.7. The van der Waals surface area contributed by atoms with E-state index in [9.17, 15) is 4.79 Å². The zero-order valence-electron chi connectivity index (χ0n) is 14.8. The van der Waals surface area contributed by atoms with Crippen LogP contribution < -0.4 is 5.56 Å². The number of aromatic nitrogens is 2. The minimum Gasteiger partial charge on any atom is -0.267 e. The van der Waals surface area contributed by atoms with Crippen molar-refractivity contribution in [2.24, 2.45) is 5.10 Å². The molecule has 1 aliphatic rings. The molecule has 4 nitrogen and oxygen atoms in total. The number of rotatable bonds is 3. The second kappa shape index (κ2) is 7.38. The van der Waals surface area contributed by atoms with Crippen molar-refractivity contribution in [1.29, 1.82) is 0 Å². The highest BCUT2D eigenvalue weighted by Crippen LogP contribution is 2.33. The largest absolute Gasteiger partial charge is 0.283 e. The molecule has 2 aromatic heterocycles. The van der Waals surface area contributed by atoms with E-state index >= 15 is 0 Å². The summed E-state index contributed by atoms with van der Waals surface area (Å²) in [5.74, 6) is 0.628. The Balaban J connectivity index is 1.71. The first kappa shape index (κ1) is 16.9. The van der Waals surface area contributed by atoms with Crippen LogP contribution in [0.4, 0.5) is 0 Å². The van der Waals surface area contributed by atoms with Crippen LogP contribution >= 0.6 is 11.3 Å². The standard InChI is InChI=1S/C21H21N3OS/c1-15-23-20-19(17-12-6-3-7-13-18(17)26-20)21(25)24(15)22-14-8-11-16-9-4-2-5-10-16/h2,4-5,8-11,14H,3,6-7,12-13H2,1H3/b11-8-,22-14?. The Hall–Kier alpha value is -2.53. The van der Waals surface area contributed by atoms with Gasteiger partial charge >= 0.3 is 0 Å². The third-order valence-corrected chi connectivity index (χ3v) is 5.92. The second-order valence-electron chi connectivity index (χ2n) is 6.55. The van der Waals surface area contributed by atoms with Crippen molar-refractivity contribution in [3.8, 4) is 0 Å². The molecule has 0 N–H and O–H groups in total. The van der Waals surface area contributed by atoms with Crippen molar-refractivity contribution in [3.63, 3.8) is 0 Å². The molecule has 1 aliphatic carbocycles. The Morgan fingerprint density at radius 1 is 1.15 bits per heavy atom. The van der Waals surface area contributed by atoms with E-state index in [0.29, 0.717) is 5.82 Å². The highest BCUT2D eigenvalue weighted by atomic mass is 32.1. The van der Waals surface area contributed by atoms with Gasteiger partial charge in [0, 0.05) is 11.1 Å². The fourth-order valence-corrected chi connectivity index (χ4v) is 4.73. The van der Waals surface area contributed by atoms with Crippen molar-refractivity contribution < 1.29 is 0 Å². The molecule has 132 valence electrons. The fourth-order valence-electron chi connectivity index (χ4n) is 3.43. The van der Waals surface area contributed by atoms with Gasteiger partial charge in [0.15, 0.2) is 0 Å². The minimum absolute atomic E-state index is 0.0451. The number of hydrogen-bond acceptors (Lipinski definition) is 4. The third kappa shape index (κ3) is 3.27. The number of fused-ring (bicyclic) bond motifs is 3. The van der Waals surface area contributed by atoms with Crippen molar-refractivity contribution in [2.75, 3.05) is 0 Å². The molecule has 0 saturated heterocycles. The lowest BCUT2D eigenvalue weighted by Gasteiger charge is -2.04. The maximum Gasteiger partial charge on any atom is 0.283 e. The molecule has 0 spiro atoms. The summed E-state index contributed by atoms with van der Waals surface area (Å²) >= 11 is 1.69. The van der Waals surface area contributed by atoms with E-state index in [0.717, 1.165) is 35.0 Å². The number of nitrogens with zero attached hydrogens (tertiary/aromatic N) is 3. The van der Waals surface area contributed by atoms with Gasteiger partial charge in [0.25, 0.3) is 5.56 Å². The summed E-state index contributed by atoms with van der Waals surface area (Å²) in [5, 5.41) is 5.14. The molecule has 1 aromatic carbocycles. The first-order valence-corrected chi connectivity index (χ1v) is 9.85. The summed E-state index contributed by atoms with van der Waals surface area (Å²) in [6.07, 6.45) is 11.1. The van der Waals surface area contributed by atoms with Gasteiger partial charge in [0.2, 0.25) is 0 Å². The lowest BCUT2D eigenvalue weighted by atomic mass is 10.1. The van der Waals surface area contributed by atoms with Crippen LogP contribution in [0.15, 0.2) is 46.3 Å². The summed E-state index contributed by atoms with van der Waals surface area (Å²) in [5.41, 5.74) is 2.26. The molecule has 0 unspecified atom stereocenters. The Morgan fingerprint density at radius 2 is 1.96 bits per heavy atom. The third-order valence-electron chi connectivity index (χ3n) is 4.74. The molecule has 0 radical (unpaired) electrons. The van der Waals surface area contributed by atoms with Crippen LogP contribution in [0.3, 0.4) is 0 Å². The zero-order chi connectivity index (χ0) is 17.9. The smallest absolute Gasteiger partial charge is 0.267 e. The van der Waals surface area contributed by atoms with E-state index < -0.39 is 0 Å². The van der Waals surface area contributed by atoms with Gasteiger partial charge in [-0.05, 0) is 49.8 Å². The molecule has 0 fully saturated rings. The van der Waals surface area contributed by atoms with E-state index in [-0.39, 0.29) is 5.56 Å². The van der Waals surface area contributed by atoms with Crippen LogP contribution in [0.25, 0.3) is 16.3 Å². The summed E-state index contributed by atoms with van der Waals surface area (Å²) in [6.45, 7) is 1.84. The molecule has 0 bridgehead atoms. The highest BCUT2D eigenvalue weighted by Gasteiger charge is 2.20. The van der Waals surface area contributed by atoms with Gasteiger partial charge in [-0.3, -0.25) is 4.79 Å². The van der Waals surface area contributed by atoms with Gasteiger partial charge in [-0.25, -0.2) is 4.98 Å². The second-order valence-corrected chi connectivity index (χ2v) is 7.64. The normalized spacial score (nSPS) is 15.0. The predicted octanol–water partition coefficient (Wildman–Crippen LogP) is 4.58. The number of hydrogen-bond donors (Lipinski definition) is 0. The SMILES string of the molecule is Cc1nc2sc3c(c2c(=O)n1N=C/C=C\c1ccccc1)CCCCC3. The topological polar surface area (TPSA) is 47.2 Å². The number of aryl methyl sites for hydroxylation is 3. The lowest BCUT2D eigenvalue weighted by Crippen LogP contribution is -2.20. The average molecular weight is 363 g/mol. The first-order valence-electron chi connectivity index (χ1n) is 9.04. The van der Waals surface area contributed by atoms with Gasteiger partial charge in [0.05, 0.1) is 5.39 Å². The summed E-state index contributed by atoms with van der Waals surface area (Å²) in [7, 11) is 0. The summed E-state index contributed by atoms with van der Waals surface area (Å²) in [4.78, 5) is 19.9. The van der Waals surface area contributed by atoms with Crippen molar-refractivity contribution >= 4 is 33.8 Å². The van der Waals surface area contributed by atoms with Gasteiger partial charge in [-0.2, -0.15) is 9.78 Å². The molecule has 2 heterocycles. The van der Waals surface area contributed by atoms with Crippen LogP contribution in [0.5, 0.6) is 0 Å². The molecule has 0 atom stereocenters. The summed E-state index contributed by atoms with van der Waals surface area (Å²) < 4.78 is 1.43. The molecule has 0 saturated carbocycles. The van der Waals surface area contributed by atoms with Crippen LogP contribution in [-0.4, -0.2) is 15.9 Å². The monoisotopic (exact) mass is 363 g/mol. The van der Waals surface area contributed by atoms with Crippen LogP contribution in [0.2, 0.25) is 0 Å². The minimum atomic E-state index is -0.0451. The van der Waals surface area contributed by atoms with Gasteiger partial charge in [0.1, 0.15) is 10.7 Å². The van der Waals surface area contributed by atoms with E-state index in [1.165, 1.54) is 28.0 Å². The molecular weight excluding hydrogens is 342 g/mol. The number of allylic oxidation sites excluding steroid dienone is 1. The molecular formula is C21H21N3OS. The maximum absolute atomic E-state index is 13.1. The predicted molar refractivity (Wildman–Crippen MR) is 109 cm³/mol. The number of thiophene rings is 1. The number of benzene rings is 1. The Labute approximate surface area is 156 Å². The van der Waals surface area contributed by atoms with Gasteiger partial charge in [-0.1, -0.05) is 42.8 Å². The molecule has 0 amide bonds. The van der Waals surface area contributed by atoms with Gasteiger partial charge in [-0.15, -0.1) is 11.3 Å². The Bertz CT molecular complexity index is 1040. The van der Waals surface area contributed by atoms with Crippen molar-refractivity contribution in [1.82, 2.24) is 9.66 Å². The molecule has 5 heteroatoms. The Morgan fingerprint density at radius 3 is 2.81 bits per heavy atom. The lowest BCUT2D eigenvalue weighted by molar-refractivity contribution is 0.712. The van der Waals surface area contributed by atoms with Crippen LogP contribution in [-0.2, 0) is 12.8 Å².